The Kier molecular flexibility index (Phi) is 5.91. The van der Waals surface area contributed by atoms with Crippen LogP contribution < -0.4 is 5.32 Å². The van der Waals surface area contributed by atoms with Gasteiger partial charge < -0.3 is 5.32 Å². The Bertz CT molecular complexity index is 1250. The van der Waals surface area contributed by atoms with Gasteiger partial charge in [0.25, 0.3) is 0 Å². The van der Waals surface area contributed by atoms with Crippen molar-refractivity contribution in [1.29, 1.82) is 0 Å². The summed E-state index contributed by atoms with van der Waals surface area (Å²) in [5.41, 5.74) is 8.81. The Balaban J connectivity index is 1.69. The highest BCUT2D eigenvalue weighted by Crippen LogP contribution is 2.36. The van der Waals surface area contributed by atoms with Crippen molar-refractivity contribution in [3.8, 4) is 22.5 Å². The fourth-order valence-electron chi connectivity index (χ4n) is 4.22. The van der Waals surface area contributed by atoms with E-state index in [1.165, 1.54) is 11.1 Å². The van der Waals surface area contributed by atoms with Crippen LogP contribution in [0, 0.1) is 12.3 Å². The molecule has 4 aromatic rings. The predicted molar refractivity (Wildman–Crippen MR) is 135 cm³/mol. The lowest BCUT2D eigenvalue weighted by molar-refractivity contribution is 0.303. The lowest BCUT2D eigenvalue weighted by Crippen LogP contribution is -2.41. The number of nitrogens with one attached hydrogen (secondary N) is 2. The van der Waals surface area contributed by atoms with Crippen molar-refractivity contribution in [2.24, 2.45) is 5.41 Å². The number of pyridine rings is 1. The van der Waals surface area contributed by atoms with Crippen LogP contribution in [0.5, 0.6) is 0 Å². The third-order valence-electron chi connectivity index (χ3n) is 6.17. The molecule has 0 radical (unpaired) electrons. The first-order chi connectivity index (χ1) is 15.5. The molecular weight excluding hydrogens is 408 g/mol. The van der Waals surface area contributed by atoms with E-state index < -0.39 is 0 Å². The molecule has 0 unspecified atom stereocenters. The van der Waals surface area contributed by atoms with E-state index in [4.69, 9.17) is 5.10 Å². The summed E-state index contributed by atoms with van der Waals surface area (Å²) in [5.74, 6) is 0.310. The van der Waals surface area contributed by atoms with Crippen LogP contribution in [0.25, 0.3) is 28.2 Å². The molecule has 33 heavy (non-hydrogen) atoms. The molecule has 0 saturated carbocycles. The number of aryl methyl sites for hydroxylation is 1. The van der Waals surface area contributed by atoms with Gasteiger partial charge in [-0.15, -0.1) is 0 Å². The van der Waals surface area contributed by atoms with Gasteiger partial charge in [-0.3, -0.25) is 5.10 Å². The maximum absolute atomic E-state index is 4.75. The number of rotatable bonds is 6. The first-order valence-electron chi connectivity index (χ1n) is 11.7. The average molecular weight is 445 g/mol. The van der Waals surface area contributed by atoms with Gasteiger partial charge in [-0.1, -0.05) is 58.9 Å². The van der Waals surface area contributed by atoms with E-state index in [9.17, 15) is 0 Å². The van der Waals surface area contributed by atoms with Crippen LogP contribution in [-0.2, 0) is 5.54 Å². The predicted octanol–water partition coefficient (Wildman–Crippen LogP) is 6.09. The van der Waals surface area contributed by atoms with E-state index in [1.54, 1.807) is 6.33 Å². The Morgan fingerprint density at radius 1 is 1.03 bits per heavy atom. The molecule has 3 heterocycles. The van der Waals surface area contributed by atoms with Gasteiger partial charge in [0.2, 0.25) is 0 Å². The Labute approximate surface area is 196 Å². The Hall–Kier alpha value is -2.99. The third kappa shape index (κ3) is 4.71. The Morgan fingerprint density at radius 3 is 2.36 bits per heavy atom. The number of benzene rings is 1. The van der Waals surface area contributed by atoms with E-state index in [2.05, 4.69) is 106 Å². The SMILES string of the molecule is Cc1cc(-c2n[nH]c(-c3ccc(C(C)(C)NCC(C)(C)C)cc3)c2C(C)C)cn2ncnc12. The molecule has 0 fully saturated rings. The molecule has 0 spiro atoms. The van der Waals surface area contributed by atoms with Crippen molar-refractivity contribution in [3.05, 3.63) is 59.5 Å². The monoisotopic (exact) mass is 444 g/mol. The zero-order chi connectivity index (χ0) is 24.0. The first kappa shape index (κ1) is 23.2. The second-order valence-electron chi connectivity index (χ2n) is 11.1. The molecule has 4 rings (SSSR count). The summed E-state index contributed by atoms with van der Waals surface area (Å²) in [7, 11) is 0. The quantitative estimate of drug-likeness (QED) is 0.377. The van der Waals surface area contributed by atoms with Crippen molar-refractivity contribution in [2.75, 3.05) is 6.54 Å². The summed E-state index contributed by atoms with van der Waals surface area (Å²) >= 11 is 0. The summed E-state index contributed by atoms with van der Waals surface area (Å²) < 4.78 is 1.82. The van der Waals surface area contributed by atoms with Gasteiger partial charge in [0, 0.05) is 29.4 Å². The van der Waals surface area contributed by atoms with Crippen LogP contribution in [0.1, 0.15) is 71.1 Å². The summed E-state index contributed by atoms with van der Waals surface area (Å²) in [5, 5.41) is 16.1. The summed E-state index contributed by atoms with van der Waals surface area (Å²) in [6.45, 7) is 18.7. The van der Waals surface area contributed by atoms with E-state index in [-0.39, 0.29) is 11.0 Å². The zero-order valence-electron chi connectivity index (χ0n) is 21.1. The smallest absolute Gasteiger partial charge is 0.158 e. The molecule has 6 heteroatoms. The van der Waals surface area contributed by atoms with E-state index in [1.807, 2.05) is 10.7 Å². The third-order valence-corrected chi connectivity index (χ3v) is 6.17. The van der Waals surface area contributed by atoms with E-state index in [0.717, 1.165) is 40.3 Å². The molecule has 1 aromatic carbocycles. The lowest BCUT2D eigenvalue weighted by Gasteiger charge is -2.31. The number of hydrogen-bond acceptors (Lipinski definition) is 4. The molecule has 174 valence electrons. The van der Waals surface area contributed by atoms with E-state index >= 15 is 0 Å². The van der Waals surface area contributed by atoms with Crippen LogP contribution in [-0.4, -0.2) is 31.3 Å². The van der Waals surface area contributed by atoms with Crippen molar-refractivity contribution in [1.82, 2.24) is 30.1 Å². The minimum atomic E-state index is -0.101. The number of hydrogen-bond donors (Lipinski definition) is 2. The molecular formula is C27H36N6. The van der Waals surface area contributed by atoms with Crippen LogP contribution in [0.3, 0.4) is 0 Å². The fourth-order valence-corrected chi connectivity index (χ4v) is 4.22. The maximum Gasteiger partial charge on any atom is 0.158 e. The molecule has 0 atom stereocenters. The summed E-state index contributed by atoms with van der Waals surface area (Å²) in [4.78, 5) is 4.34. The second kappa shape index (κ2) is 8.41. The topological polar surface area (TPSA) is 70.9 Å². The van der Waals surface area contributed by atoms with Gasteiger partial charge in [0.1, 0.15) is 6.33 Å². The molecule has 0 amide bonds. The number of H-pyrrole nitrogens is 1. The first-order valence-corrected chi connectivity index (χ1v) is 11.7. The molecule has 0 bridgehead atoms. The average Bonchev–Trinajstić information content (AvgIpc) is 3.39. The highest BCUT2D eigenvalue weighted by molar-refractivity contribution is 5.76. The van der Waals surface area contributed by atoms with Crippen LogP contribution in [0.2, 0.25) is 0 Å². The van der Waals surface area contributed by atoms with Crippen molar-refractivity contribution in [2.45, 2.75) is 66.8 Å². The van der Waals surface area contributed by atoms with Gasteiger partial charge in [0.05, 0.1) is 11.4 Å². The zero-order valence-corrected chi connectivity index (χ0v) is 21.1. The van der Waals surface area contributed by atoms with Crippen LogP contribution >= 0.6 is 0 Å². The summed E-state index contributed by atoms with van der Waals surface area (Å²) in [6, 6.07) is 11.0. The van der Waals surface area contributed by atoms with Gasteiger partial charge in [0.15, 0.2) is 5.65 Å². The molecule has 0 aliphatic heterocycles. The van der Waals surface area contributed by atoms with Crippen molar-refractivity contribution >= 4 is 5.65 Å². The molecule has 0 aliphatic carbocycles. The summed E-state index contributed by atoms with van der Waals surface area (Å²) in [6.07, 6.45) is 3.60. The van der Waals surface area contributed by atoms with Crippen molar-refractivity contribution < 1.29 is 0 Å². The highest BCUT2D eigenvalue weighted by atomic mass is 15.3. The van der Waals surface area contributed by atoms with Gasteiger partial charge in [-0.25, -0.2) is 9.50 Å². The molecule has 6 nitrogen and oxygen atoms in total. The lowest BCUT2D eigenvalue weighted by atomic mass is 9.89. The van der Waals surface area contributed by atoms with Gasteiger partial charge in [-0.2, -0.15) is 10.2 Å². The van der Waals surface area contributed by atoms with Gasteiger partial charge >= 0.3 is 0 Å². The van der Waals surface area contributed by atoms with E-state index in [0.29, 0.717) is 5.92 Å². The highest BCUT2D eigenvalue weighted by Gasteiger charge is 2.24. The van der Waals surface area contributed by atoms with Crippen LogP contribution in [0.4, 0.5) is 0 Å². The van der Waals surface area contributed by atoms with Crippen molar-refractivity contribution in [3.63, 3.8) is 0 Å². The largest absolute Gasteiger partial charge is 0.307 e. The second-order valence-corrected chi connectivity index (χ2v) is 11.1. The van der Waals surface area contributed by atoms with Gasteiger partial charge in [-0.05, 0) is 54.9 Å². The molecule has 0 aliphatic rings. The minimum absolute atomic E-state index is 0.101. The number of nitrogens with zero attached hydrogens (tertiary/aromatic N) is 4. The number of aromatic nitrogens is 5. The maximum atomic E-state index is 4.75. The normalized spacial score (nSPS) is 12.8. The molecule has 2 N–H and O–H groups in total. The Morgan fingerprint density at radius 2 is 1.73 bits per heavy atom. The fraction of sp³-hybridized carbons (Fsp3) is 0.444. The number of fused-ring (bicyclic) bond motifs is 1. The standard InChI is InChI=1S/C27H36N6/c1-17(2)22-23(19-9-11-21(12-10-19)27(7,8)29-15-26(4,5)6)31-32-24(22)20-13-18(3)25-28-16-30-33(25)14-20/h9-14,16-17,29H,15H2,1-8H3,(H,31,32). The minimum Gasteiger partial charge on any atom is -0.307 e. The van der Waals surface area contributed by atoms with Crippen LogP contribution in [0.15, 0.2) is 42.9 Å². The molecule has 0 saturated heterocycles. The molecule has 3 aromatic heterocycles. The number of aromatic amines is 1.